The van der Waals surface area contributed by atoms with Crippen LogP contribution in [-0.2, 0) is 4.79 Å². The fourth-order valence-corrected chi connectivity index (χ4v) is 1.39. The summed E-state index contributed by atoms with van der Waals surface area (Å²) in [5, 5.41) is 11.5. The van der Waals surface area contributed by atoms with Gasteiger partial charge >= 0.3 is 0 Å². The Kier molecular flexibility index (Phi) is 5.72. The Balaban J connectivity index is 3.01. The molecule has 1 amide bonds. The van der Waals surface area contributed by atoms with Crippen LogP contribution in [0.2, 0.25) is 0 Å². The van der Waals surface area contributed by atoms with E-state index in [1.54, 1.807) is 0 Å². The van der Waals surface area contributed by atoms with Crippen LogP contribution in [-0.4, -0.2) is 17.6 Å². The highest BCUT2D eigenvalue weighted by atomic mass is 19.1. The molecule has 3 nitrogen and oxygen atoms in total. The number of hydrogen-bond donors (Lipinski definition) is 2. The molecule has 0 heterocycles. The molecule has 0 unspecified atom stereocenters. The number of carbonyl (C=O) groups is 1. The monoisotopic (exact) mass is 277 g/mol. The number of carbonyl (C=O) groups excluding carboxylic acids is 1. The third-order valence-electron chi connectivity index (χ3n) is 3.19. The minimum Gasteiger partial charge on any atom is -0.395 e. The molecule has 0 saturated heterocycles. The molecule has 0 aliphatic heterocycles. The molecule has 0 fully saturated rings. The van der Waals surface area contributed by atoms with Crippen LogP contribution in [0.1, 0.15) is 39.2 Å². The molecule has 0 aliphatic rings. The molecular weight excluding hydrogens is 257 g/mol. The number of benzene rings is 1. The summed E-state index contributed by atoms with van der Waals surface area (Å²) in [6, 6.07) is 4.06. The van der Waals surface area contributed by atoms with Crippen LogP contribution in [0.15, 0.2) is 18.2 Å². The van der Waals surface area contributed by atoms with E-state index in [-0.39, 0.29) is 12.5 Å². The standard InChI is InChI=1S/C16H20FNO2/c1-4-16(2,3)15(20)18-14-9-8-13(17)11-12(14)7-5-6-10-19/h8-9,11,19H,4,6,10H2,1-3H3,(H,18,20). The van der Waals surface area contributed by atoms with Crippen LogP contribution >= 0.6 is 0 Å². The van der Waals surface area contributed by atoms with Gasteiger partial charge in [-0.05, 0) is 24.6 Å². The van der Waals surface area contributed by atoms with E-state index >= 15 is 0 Å². The summed E-state index contributed by atoms with van der Waals surface area (Å²) in [5.74, 6) is 4.95. The summed E-state index contributed by atoms with van der Waals surface area (Å²) in [7, 11) is 0. The molecule has 20 heavy (non-hydrogen) atoms. The third kappa shape index (κ3) is 4.36. The van der Waals surface area contributed by atoms with Gasteiger partial charge in [0.1, 0.15) is 5.82 Å². The van der Waals surface area contributed by atoms with E-state index in [0.717, 1.165) is 0 Å². The van der Waals surface area contributed by atoms with Gasteiger partial charge in [-0.1, -0.05) is 32.6 Å². The number of halogens is 1. The zero-order chi connectivity index (χ0) is 15.2. The first kappa shape index (κ1) is 16.2. The molecule has 0 atom stereocenters. The molecular formula is C16H20FNO2. The van der Waals surface area contributed by atoms with Crippen molar-refractivity contribution in [3.63, 3.8) is 0 Å². The lowest BCUT2D eigenvalue weighted by Gasteiger charge is -2.22. The van der Waals surface area contributed by atoms with Gasteiger partial charge in [-0.25, -0.2) is 4.39 Å². The predicted octanol–water partition coefficient (Wildman–Crippen LogP) is 2.93. The fraction of sp³-hybridized carbons (Fsp3) is 0.438. The molecule has 1 aromatic rings. The second-order valence-corrected chi connectivity index (χ2v) is 5.16. The predicted molar refractivity (Wildman–Crippen MR) is 77.7 cm³/mol. The van der Waals surface area contributed by atoms with Gasteiger partial charge in [-0.15, -0.1) is 0 Å². The number of aliphatic hydroxyl groups excluding tert-OH is 1. The molecule has 108 valence electrons. The van der Waals surface area contributed by atoms with Gasteiger partial charge in [-0.3, -0.25) is 4.79 Å². The Labute approximate surface area is 119 Å². The first-order valence-corrected chi connectivity index (χ1v) is 6.61. The Hall–Kier alpha value is -1.86. The van der Waals surface area contributed by atoms with Crippen molar-refractivity contribution in [2.75, 3.05) is 11.9 Å². The second-order valence-electron chi connectivity index (χ2n) is 5.16. The maximum absolute atomic E-state index is 13.3. The fourth-order valence-electron chi connectivity index (χ4n) is 1.39. The van der Waals surface area contributed by atoms with Gasteiger partial charge in [0.2, 0.25) is 5.91 Å². The van der Waals surface area contributed by atoms with Crippen molar-refractivity contribution in [1.29, 1.82) is 0 Å². The molecule has 0 bridgehead atoms. The van der Waals surface area contributed by atoms with Crippen molar-refractivity contribution < 1.29 is 14.3 Å². The topological polar surface area (TPSA) is 49.3 Å². The van der Waals surface area contributed by atoms with E-state index in [1.165, 1.54) is 18.2 Å². The highest BCUT2D eigenvalue weighted by Crippen LogP contribution is 2.24. The zero-order valence-corrected chi connectivity index (χ0v) is 12.1. The van der Waals surface area contributed by atoms with E-state index in [0.29, 0.717) is 24.1 Å². The number of aliphatic hydroxyl groups is 1. The first-order chi connectivity index (χ1) is 9.40. The van der Waals surface area contributed by atoms with Gasteiger partial charge in [0, 0.05) is 11.8 Å². The smallest absolute Gasteiger partial charge is 0.230 e. The minimum atomic E-state index is -0.496. The van der Waals surface area contributed by atoms with Gasteiger partial charge in [-0.2, -0.15) is 0 Å². The number of rotatable bonds is 4. The van der Waals surface area contributed by atoms with Gasteiger partial charge in [0.05, 0.1) is 17.9 Å². The third-order valence-corrected chi connectivity index (χ3v) is 3.19. The van der Waals surface area contributed by atoms with Crippen LogP contribution in [0.4, 0.5) is 10.1 Å². The normalized spacial score (nSPS) is 10.7. The van der Waals surface area contributed by atoms with Crippen LogP contribution < -0.4 is 5.32 Å². The van der Waals surface area contributed by atoms with Gasteiger partial charge in [0.25, 0.3) is 0 Å². The molecule has 4 heteroatoms. The average molecular weight is 277 g/mol. The van der Waals surface area contributed by atoms with Crippen molar-refractivity contribution in [1.82, 2.24) is 0 Å². The molecule has 0 aromatic heterocycles. The highest BCUT2D eigenvalue weighted by molar-refractivity contribution is 5.95. The minimum absolute atomic E-state index is 0.0487. The summed E-state index contributed by atoms with van der Waals surface area (Å²) in [6.45, 7) is 5.59. The maximum atomic E-state index is 13.3. The molecule has 2 N–H and O–H groups in total. The summed E-state index contributed by atoms with van der Waals surface area (Å²) in [6.07, 6.45) is 1.01. The second kappa shape index (κ2) is 7.06. The Morgan fingerprint density at radius 1 is 1.45 bits per heavy atom. The van der Waals surface area contributed by atoms with Crippen molar-refractivity contribution in [2.45, 2.75) is 33.6 Å². The van der Waals surface area contributed by atoms with E-state index < -0.39 is 11.2 Å². The van der Waals surface area contributed by atoms with Crippen LogP contribution in [0.5, 0.6) is 0 Å². The summed E-state index contributed by atoms with van der Waals surface area (Å²) in [5.41, 5.74) is 0.409. The Bertz CT molecular complexity index is 541. The maximum Gasteiger partial charge on any atom is 0.230 e. The number of hydrogen-bond acceptors (Lipinski definition) is 2. The molecule has 0 spiro atoms. The van der Waals surface area contributed by atoms with Crippen molar-refractivity contribution in [3.8, 4) is 11.8 Å². The van der Waals surface area contributed by atoms with E-state index in [4.69, 9.17) is 5.11 Å². The molecule has 1 rings (SSSR count). The van der Waals surface area contributed by atoms with E-state index in [1.807, 2.05) is 20.8 Å². The SMILES string of the molecule is CCC(C)(C)C(=O)Nc1ccc(F)cc1C#CCCO. The average Bonchev–Trinajstić information content (AvgIpc) is 2.41. The molecule has 1 aromatic carbocycles. The lowest BCUT2D eigenvalue weighted by molar-refractivity contribution is -0.124. The van der Waals surface area contributed by atoms with Crippen molar-refractivity contribution in [3.05, 3.63) is 29.6 Å². The Morgan fingerprint density at radius 3 is 2.75 bits per heavy atom. The largest absolute Gasteiger partial charge is 0.395 e. The van der Waals surface area contributed by atoms with Crippen LogP contribution in [0, 0.1) is 23.1 Å². The first-order valence-electron chi connectivity index (χ1n) is 6.61. The number of anilines is 1. The summed E-state index contributed by atoms with van der Waals surface area (Å²) >= 11 is 0. The van der Waals surface area contributed by atoms with Gasteiger partial charge < -0.3 is 10.4 Å². The summed E-state index contributed by atoms with van der Waals surface area (Å²) in [4.78, 5) is 12.1. The van der Waals surface area contributed by atoms with Gasteiger partial charge in [0.15, 0.2) is 0 Å². The van der Waals surface area contributed by atoms with Crippen LogP contribution in [0.25, 0.3) is 0 Å². The number of amides is 1. The quantitative estimate of drug-likeness (QED) is 0.831. The highest BCUT2D eigenvalue weighted by Gasteiger charge is 2.25. The van der Waals surface area contributed by atoms with Crippen molar-refractivity contribution in [2.24, 2.45) is 5.41 Å². The molecule has 0 aliphatic carbocycles. The molecule has 0 radical (unpaired) electrons. The van der Waals surface area contributed by atoms with E-state index in [9.17, 15) is 9.18 Å². The lowest BCUT2D eigenvalue weighted by Crippen LogP contribution is -2.30. The number of nitrogens with one attached hydrogen (secondary N) is 1. The molecule has 0 saturated carbocycles. The van der Waals surface area contributed by atoms with E-state index in [2.05, 4.69) is 17.2 Å². The lowest BCUT2D eigenvalue weighted by atomic mass is 9.89. The Morgan fingerprint density at radius 2 is 2.15 bits per heavy atom. The van der Waals surface area contributed by atoms with Crippen molar-refractivity contribution >= 4 is 11.6 Å². The zero-order valence-electron chi connectivity index (χ0n) is 12.1. The van der Waals surface area contributed by atoms with Crippen LogP contribution in [0.3, 0.4) is 0 Å². The summed E-state index contributed by atoms with van der Waals surface area (Å²) < 4.78 is 13.3.